The van der Waals surface area contributed by atoms with Gasteiger partial charge in [0, 0.05) is 6.42 Å². The smallest absolute Gasteiger partial charge is 0.306 e. The maximum Gasteiger partial charge on any atom is 0.306 e. The fourth-order valence-electron chi connectivity index (χ4n) is 3.03. The molecule has 0 bridgehead atoms. The summed E-state index contributed by atoms with van der Waals surface area (Å²) in [5.74, 6) is 1.51. The molecule has 0 radical (unpaired) electrons. The second kappa shape index (κ2) is 5.70. The highest BCUT2D eigenvalue weighted by atomic mass is 16.5. The fourth-order valence-corrected chi connectivity index (χ4v) is 3.03. The first-order valence-corrected chi connectivity index (χ1v) is 6.93. The van der Waals surface area contributed by atoms with Gasteiger partial charge in [-0.1, -0.05) is 19.8 Å². The average Bonchev–Trinajstić information content (AvgIpc) is 2.74. The number of esters is 1. The molecule has 2 nitrogen and oxygen atoms in total. The van der Waals surface area contributed by atoms with Crippen LogP contribution in [-0.4, -0.2) is 12.1 Å². The molecule has 2 aliphatic carbocycles. The van der Waals surface area contributed by atoms with E-state index in [1.165, 1.54) is 38.5 Å². The number of ether oxygens (including phenoxy) is 1. The van der Waals surface area contributed by atoms with E-state index in [4.69, 9.17) is 4.74 Å². The Labute approximate surface area is 98.7 Å². The van der Waals surface area contributed by atoms with Crippen LogP contribution in [0.15, 0.2) is 0 Å². The summed E-state index contributed by atoms with van der Waals surface area (Å²) >= 11 is 0. The summed E-state index contributed by atoms with van der Waals surface area (Å²) in [6.45, 7) is 2.29. The van der Waals surface area contributed by atoms with E-state index in [-0.39, 0.29) is 12.1 Å². The van der Waals surface area contributed by atoms with Gasteiger partial charge < -0.3 is 4.74 Å². The van der Waals surface area contributed by atoms with Crippen LogP contribution in [0.2, 0.25) is 0 Å². The Morgan fingerprint density at radius 3 is 2.31 bits per heavy atom. The molecule has 0 aromatic heterocycles. The second-order valence-electron chi connectivity index (χ2n) is 5.73. The molecule has 2 aliphatic rings. The summed E-state index contributed by atoms with van der Waals surface area (Å²) < 4.78 is 5.56. The van der Waals surface area contributed by atoms with Crippen molar-refractivity contribution >= 4 is 5.97 Å². The van der Waals surface area contributed by atoms with Gasteiger partial charge in [0.2, 0.25) is 0 Å². The Bertz CT molecular complexity index is 223. The third-order valence-electron chi connectivity index (χ3n) is 4.19. The SMILES string of the molecule is CC1CCC(OC(=O)CC2CCCC2)CC1. The van der Waals surface area contributed by atoms with Crippen molar-refractivity contribution in [3.05, 3.63) is 0 Å². The summed E-state index contributed by atoms with van der Waals surface area (Å²) in [4.78, 5) is 11.7. The zero-order valence-corrected chi connectivity index (χ0v) is 10.4. The van der Waals surface area contributed by atoms with Crippen molar-refractivity contribution < 1.29 is 9.53 Å². The van der Waals surface area contributed by atoms with Crippen LogP contribution in [0.1, 0.15) is 64.7 Å². The molecule has 2 saturated carbocycles. The molecule has 0 saturated heterocycles. The summed E-state index contributed by atoms with van der Waals surface area (Å²) in [5.41, 5.74) is 0. The van der Waals surface area contributed by atoms with Gasteiger partial charge in [-0.25, -0.2) is 0 Å². The van der Waals surface area contributed by atoms with Crippen LogP contribution in [0.5, 0.6) is 0 Å². The molecule has 0 heterocycles. The highest BCUT2D eigenvalue weighted by molar-refractivity contribution is 5.69. The Morgan fingerprint density at radius 1 is 1.06 bits per heavy atom. The van der Waals surface area contributed by atoms with Gasteiger partial charge in [0.1, 0.15) is 6.10 Å². The van der Waals surface area contributed by atoms with E-state index < -0.39 is 0 Å². The number of hydrogen-bond acceptors (Lipinski definition) is 2. The van der Waals surface area contributed by atoms with Gasteiger partial charge in [0.05, 0.1) is 0 Å². The number of carbonyl (C=O) groups excluding carboxylic acids is 1. The summed E-state index contributed by atoms with van der Waals surface area (Å²) in [6, 6.07) is 0. The molecule has 16 heavy (non-hydrogen) atoms. The van der Waals surface area contributed by atoms with Gasteiger partial charge in [-0.15, -0.1) is 0 Å². The quantitative estimate of drug-likeness (QED) is 0.683. The molecular weight excluding hydrogens is 200 g/mol. The first kappa shape index (κ1) is 11.9. The third kappa shape index (κ3) is 3.50. The standard InChI is InChI=1S/C14H24O2/c1-11-6-8-13(9-7-11)16-14(15)10-12-4-2-3-5-12/h11-13H,2-10H2,1H3. The lowest BCUT2D eigenvalue weighted by molar-refractivity contribution is -0.152. The molecule has 0 atom stereocenters. The van der Waals surface area contributed by atoms with Crippen LogP contribution in [0, 0.1) is 11.8 Å². The molecular formula is C14H24O2. The largest absolute Gasteiger partial charge is 0.462 e. The lowest BCUT2D eigenvalue weighted by atomic mass is 9.89. The molecule has 0 unspecified atom stereocenters. The van der Waals surface area contributed by atoms with Crippen molar-refractivity contribution in [2.45, 2.75) is 70.8 Å². The van der Waals surface area contributed by atoms with Crippen LogP contribution >= 0.6 is 0 Å². The first-order chi connectivity index (χ1) is 7.74. The molecule has 2 fully saturated rings. The molecule has 0 N–H and O–H groups in total. The Morgan fingerprint density at radius 2 is 1.69 bits per heavy atom. The van der Waals surface area contributed by atoms with Gasteiger partial charge in [0.15, 0.2) is 0 Å². The monoisotopic (exact) mass is 224 g/mol. The molecule has 0 aromatic carbocycles. The fraction of sp³-hybridized carbons (Fsp3) is 0.929. The van der Waals surface area contributed by atoms with E-state index in [2.05, 4.69) is 6.92 Å². The average molecular weight is 224 g/mol. The summed E-state index contributed by atoms with van der Waals surface area (Å²) in [6.07, 6.45) is 10.6. The minimum Gasteiger partial charge on any atom is -0.462 e. The molecule has 2 heteroatoms. The maximum absolute atomic E-state index is 11.7. The van der Waals surface area contributed by atoms with Crippen LogP contribution in [0.4, 0.5) is 0 Å². The lowest BCUT2D eigenvalue weighted by Crippen LogP contribution is -2.24. The Kier molecular flexibility index (Phi) is 4.25. The third-order valence-corrected chi connectivity index (χ3v) is 4.19. The van der Waals surface area contributed by atoms with E-state index in [0.29, 0.717) is 12.3 Å². The van der Waals surface area contributed by atoms with E-state index in [9.17, 15) is 4.79 Å². The van der Waals surface area contributed by atoms with Gasteiger partial charge in [0.25, 0.3) is 0 Å². The van der Waals surface area contributed by atoms with Crippen molar-refractivity contribution in [3.8, 4) is 0 Å². The van der Waals surface area contributed by atoms with E-state index in [1.54, 1.807) is 0 Å². The van der Waals surface area contributed by atoms with Gasteiger partial charge >= 0.3 is 5.97 Å². The molecule has 0 aliphatic heterocycles. The van der Waals surface area contributed by atoms with E-state index in [1.807, 2.05) is 0 Å². The number of rotatable bonds is 3. The Hall–Kier alpha value is -0.530. The second-order valence-corrected chi connectivity index (χ2v) is 5.73. The van der Waals surface area contributed by atoms with Crippen molar-refractivity contribution in [1.29, 1.82) is 0 Å². The predicted molar refractivity (Wildman–Crippen MR) is 64.1 cm³/mol. The zero-order valence-electron chi connectivity index (χ0n) is 10.4. The summed E-state index contributed by atoms with van der Waals surface area (Å²) in [5, 5.41) is 0. The molecule has 0 aromatic rings. The van der Waals surface area contributed by atoms with E-state index >= 15 is 0 Å². The number of hydrogen-bond donors (Lipinski definition) is 0. The highest BCUT2D eigenvalue weighted by Crippen LogP contribution is 2.29. The maximum atomic E-state index is 11.7. The number of carbonyl (C=O) groups is 1. The molecule has 0 spiro atoms. The van der Waals surface area contributed by atoms with Crippen LogP contribution in [-0.2, 0) is 9.53 Å². The zero-order chi connectivity index (χ0) is 11.4. The van der Waals surface area contributed by atoms with Gasteiger partial charge in [-0.05, 0) is 50.4 Å². The normalized spacial score (nSPS) is 31.6. The van der Waals surface area contributed by atoms with Gasteiger partial charge in [-0.2, -0.15) is 0 Å². The van der Waals surface area contributed by atoms with Crippen LogP contribution in [0.3, 0.4) is 0 Å². The molecule has 92 valence electrons. The summed E-state index contributed by atoms with van der Waals surface area (Å²) in [7, 11) is 0. The lowest BCUT2D eigenvalue weighted by Gasteiger charge is -2.26. The molecule has 0 amide bonds. The van der Waals surface area contributed by atoms with Gasteiger partial charge in [-0.3, -0.25) is 4.79 Å². The predicted octanol–water partition coefficient (Wildman–Crippen LogP) is 3.69. The van der Waals surface area contributed by atoms with Crippen molar-refractivity contribution in [2.24, 2.45) is 11.8 Å². The Balaban J connectivity index is 1.66. The van der Waals surface area contributed by atoms with Crippen LogP contribution < -0.4 is 0 Å². The highest BCUT2D eigenvalue weighted by Gasteiger charge is 2.24. The van der Waals surface area contributed by atoms with Crippen molar-refractivity contribution in [3.63, 3.8) is 0 Å². The first-order valence-electron chi connectivity index (χ1n) is 6.93. The topological polar surface area (TPSA) is 26.3 Å². The van der Waals surface area contributed by atoms with E-state index in [0.717, 1.165) is 18.8 Å². The minimum absolute atomic E-state index is 0.0615. The van der Waals surface area contributed by atoms with Crippen molar-refractivity contribution in [1.82, 2.24) is 0 Å². The molecule has 2 rings (SSSR count). The van der Waals surface area contributed by atoms with Crippen LogP contribution in [0.25, 0.3) is 0 Å². The van der Waals surface area contributed by atoms with Crippen molar-refractivity contribution in [2.75, 3.05) is 0 Å². The minimum atomic E-state index is 0.0615.